The lowest BCUT2D eigenvalue weighted by atomic mass is 10.2. The third kappa shape index (κ3) is 6.21. The fourth-order valence-electron chi connectivity index (χ4n) is 2.11. The number of hydrogen-bond acceptors (Lipinski definition) is 4. The molecule has 0 aliphatic rings. The van der Waals surface area contributed by atoms with E-state index < -0.39 is 17.6 Å². The summed E-state index contributed by atoms with van der Waals surface area (Å²) >= 11 is 12.0. The van der Waals surface area contributed by atoms with Gasteiger partial charge in [0.15, 0.2) is 0 Å². The first kappa shape index (κ1) is 21.7. The number of hydrogen-bond donors (Lipinski definition) is 2. The molecule has 0 unspecified atom stereocenters. The van der Waals surface area contributed by atoms with E-state index in [-0.39, 0.29) is 23.2 Å². The largest absolute Gasteiger partial charge is 0.488 e. The van der Waals surface area contributed by atoms with Crippen molar-refractivity contribution >= 4 is 41.2 Å². The fourth-order valence-corrected chi connectivity index (χ4v) is 2.51. The Kier molecular flexibility index (Phi) is 7.78. The van der Waals surface area contributed by atoms with Crippen molar-refractivity contribution in [2.75, 3.05) is 0 Å². The average molecular weight is 426 g/mol. The van der Waals surface area contributed by atoms with Crippen molar-refractivity contribution in [1.82, 2.24) is 10.7 Å². The van der Waals surface area contributed by atoms with Crippen molar-refractivity contribution in [1.29, 1.82) is 0 Å². The van der Waals surface area contributed by atoms with Crippen LogP contribution in [-0.4, -0.2) is 24.1 Å². The Morgan fingerprint density at radius 3 is 2.64 bits per heavy atom. The van der Waals surface area contributed by atoms with Crippen LogP contribution in [0.2, 0.25) is 10.0 Å². The van der Waals surface area contributed by atoms with Gasteiger partial charge in [-0.25, -0.2) is 9.82 Å². The summed E-state index contributed by atoms with van der Waals surface area (Å²) in [5, 5.41) is 6.83. The highest BCUT2D eigenvalue weighted by Gasteiger charge is 2.13. The van der Waals surface area contributed by atoms with Gasteiger partial charge in [0, 0.05) is 22.2 Å². The third-order valence-corrected chi connectivity index (χ3v) is 3.99. The van der Waals surface area contributed by atoms with Gasteiger partial charge in [0.25, 0.3) is 0 Å². The van der Waals surface area contributed by atoms with Gasteiger partial charge in [0.1, 0.15) is 18.2 Å². The molecule has 0 fully saturated rings. The number of carbonyl (C=O) groups is 2. The molecule has 2 N–H and O–H groups in total. The summed E-state index contributed by atoms with van der Waals surface area (Å²) < 4.78 is 19.5. The molecular formula is C19H18Cl2FN3O3. The molecule has 0 atom stereocenters. The molecule has 0 saturated heterocycles. The van der Waals surface area contributed by atoms with Crippen LogP contribution in [0.25, 0.3) is 0 Å². The second kappa shape index (κ2) is 10.1. The molecule has 28 heavy (non-hydrogen) atoms. The lowest BCUT2D eigenvalue weighted by molar-refractivity contribution is -0.139. The zero-order valence-corrected chi connectivity index (χ0v) is 16.6. The number of nitrogens with one attached hydrogen (secondary N) is 2. The van der Waals surface area contributed by atoms with E-state index in [0.29, 0.717) is 16.3 Å². The summed E-state index contributed by atoms with van der Waals surface area (Å²) in [6.07, 6.45) is 1.27. The van der Waals surface area contributed by atoms with E-state index in [4.69, 9.17) is 27.9 Å². The molecule has 0 heterocycles. The minimum Gasteiger partial charge on any atom is -0.488 e. The average Bonchev–Trinajstić information content (AvgIpc) is 2.62. The van der Waals surface area contributed by atoms with Gasteiger partial charge in [-0.15, -0.1) is 0 Å². The van der Waals surface area contributed by atoms with Gasteiger partial charge in [0.2, 0.25) is 0 Å². The monoisotopic (exact) mass is 425 g/mol. The maximum Gasteiger partial charge on any atom is 0.329 e. The number of hydrazone groups is 1. The number of benzene rings is 2. The van der Waals surface area contributed by atoms with Gasteiger partial charge in [-0.3, -0.25) is 9.59 Å². The van der Waals surface area contributed by atoms with Crippen molar-refractivity contribution < 1.29 is 18.7 Å². The van der Waals surface area contributed by atoms with Crippen LogP contribution in [0.3, 0.4) is 0 Å². The molecule has 0 aromatic heterocycles. The summed E-state index contributed by atoms with van der Waals surface area (Å²) in [6, 6.07) is 8.87. The van der Waals surface area contributed by atoms with E-state index >= 15 is 0 Å². The Morgan fingerprint density at radius 1 is 1.21 bits per heavy atom. The highest BCUT2D eigenvalue weighted by atomic mass is 35.5. The summed E-state index contributed by atoms with van der Waals surface area (Å²) in [7, 11) is 0. The van der Waals surface area contributed by atoms with Crippen LogP contribution in [0.4, 0.5) is 4.39 Å². The number of amides is 2. The van der Waals surface area contributed by atoms with Gasteiger partial charge in [0.05, 0.1) is 11.2 Å². The Bertz CT molecular complexity index is 884. The summed E-state index contributed by atoms with van der Waals surface area (Å²) in [5.74, 6) is -1.86. The first-order valence-electron chi connectivity index (χ1n) is 8.27. The van der Waals surface area contributed by atoms with E-state index in [9.17, 15) is 14.0 Å². The first-order valence-corrected chi connectivity index (χ1v) is 9.02. The topological polar surface area (TPSA) is 79.8 Å². The number of ether oxygens (including phenoxy) is 1. The van der Waals surface area contributed by atoms with Crippen molar-refractivity contribution in [3.63, 3.8) is 0 Å². The SMILES string of the molecule is CC(C)NC(=O)C(=O)N/N=C\c1cc(Cl)ccc1OCc1c(F)cccc1Cl. The predicted octanol–water partition coefficient (Wildman–Crippen LogP) is 3.69. The van der Waals surface area contributed by atoms with Crippen LogP contribution in [0, 0.1) is 5.82 Å². The molecule has 2 aromatic carbocycles. The highest BCUT2D eigenvalue weighted by Crippen LogP contribution is 2.25. The van der Waals surface area contributed by atoms with Gasteiger partial charge in [-0.2, -0.15) is 5.10 Å². The number of nitrogens with zero attached hydrogens (tertiary/aromatic N) is 1. The van der Waals surface area contributed by atoms with Gasteiger partial charge >= 0.3 is 11.8 Å². The zero-order chi connectivity index (χ0) is 20.7. The number of carbonyl (C=O) groups excluding carboxylic acids is 2. The molecule has 6 nitrogen and oxygen atoms in total. The lowest BCUT2D eigenvalue weighted by Gasteiger charge is -2.11. The lowest BCUT2D eigenvalue weighted by Crippen LogP contribution is -2.41. The predicted molar refractivity (Wildman–Crippen MR) is 106 cm³/mol. The summed E-state index contributed by atoms with van der Waals surface area (Å²) in [4.78, 5) is 23.2. The van der Waals surface area contributed by atoms with Crippen LogP contribution in [0.15, 0.2) is 41.5 Å². The van der Waals surface area contributed by atoms with Crippen molar-refractivity contribution in [3.8, 4) is 5.75 Å². The van der Waals surface area contributed by atoms with E-state index in [0.717, 1.165) is 0 Å². The van der Waals surface area contributed by atoms with E-state index in [1.165, 1.54) is 18.3 Å². The fraction of sp³-hybridized carbons (Fsp3) is 0.211. The molecule has 2 aromatic rings. The van der Waals surface area contributed by atoms with Crippen LogP contribution in [0.5, 0.6) is 5.75 Å². The van der Waals surface area contributed by atoms with Crippen LogP contribution in [-0.2, 0) is 16.2 Å². The van der Waals surface area contributed by atoms with Crippen molar-refractivity contribution in [2.24, 2.45) is 5.10 Å². The molecule has 0 bridgehead atoms. The maximum atomic E-state index is 13.9. The number of halogens is 3. The molecule has 0 spiro atoms. The Labute approximate surface area is 171 Å². The van der Waals surface area contributed by atoms with Crippen molar-refractivity contribution in [3.05, 3.63) is 63.4 Å². The molecule has 2 rings (SSSR count). The molecule has 9 heteroatoms. The quantitative estimate of drug-likeness (QED) is 0.420. The van der Waals surface area contributed by atoms with E-state index in [1.807, 2.05) is 0 Å². The van der Waals surface area contributed by atoms with E-state index in [1.54, 1.807) is 38.1 Å². The Morgan fingerprint density at radius 2 is 1.96 bits per heavy atom. The van der Waals surface area contributed by atoms with Crippen molar-refractivity contribution in [2.45, 2.75) is 26.5 Å². The molecule has 148 valence electrons. The zero-order valence-electron chi connectivity index (χ0n) is 15.1. The van der Waals surface area contributed by atoms with Crippen LogP contribution < -0.4 is 15.5 Å². The maximum absolute atomic E-state index is 13.9. The minimum atomic E-state index is -0.910. The van der Waals surface area contributed by atoms with Gasteiger partial charge < -0.3 is 10.1 Å². The Hall–Kier alpha value is -2.64. The van der Waals surface area contributed by atoms with Gasteiger partial charge in [-0.1, -0.05) is 29.3 Å². The van der Waals surface area contributed by atoms with Crippen LogP contribution in [0.1, 0.15) is 25.0 Å². The highest BCUT2D eigenvalue weighted by molar-refractivity contribution is 6.35. The van der Waals surface area contributed by atoms with Gasteiger partial charge in [-0.05, 0) is 44.2 Å². The minimum absolute atomic E-state index is 0.114. The molecule has 0 saturated carbocycles. The molecule has 0 radical (unpaired) electrons. The number of rotatable bonds is 6. The second-order valence-corrected chi connectivity index (χ2v) is 6.84. The summed E-state index contributed by atoms with van der Waals surface area (Å²) in [6.45, 7) is 3.34. The first-order chi connectivity index (χ1) is 13.3. The molecule has 2 amide bonds. The third-order valence-electron chi connectivity index (χ3n) is 3.40. The van der Waals surface area contributed by atoms with E-state index in [2.05, 4.69) is 15.8 Å². The van der Waals surface area contributed by atoms with Crippen LogP contribution >= 0.6 is 23.2 Å². The smallest absolute Gasteiger partial charge is 0.329 e. The Balaban J connectivity index is 2.09. The normalized spacial score (nSPS) is 10.9. The summed E-state index contributed by atoms with van der Waals surface area (Å²) in [5.41, 5.74) is 2.74. The molecule has 0 aliphatic carbocycles. The molecular weight excluding hydrogens is 408 g/mol. The standard InChI is InChI=1S/C19H18Cl2FN3O3/c1-11(2)24-18(26)19(27)25-23-9-12-8-13(20)6-7-17(12)28-10-14-15(21)4-3-5-16(14)22/h3-9,11H,10H2,1-2H3,(H,24,26)(H,25,27)/b23-9-. The molecule has 0 aliphatic heterocycles. The second-order valence-electron chi connectivity index (χ2n) is 6.00.